The fourth-order valence-corrected chi connectivity index (χ4v) is 3.62. The topological polar surface area (TPSA) is 35.9 Å². The summed E-state index contributed by atoms with van der Waals surface area (Å²) in [6.45, 7) is 3.02. The molecule has 0 radical (unpaired) electrons. The first-order chi connectivity index (χ1) is 9.69. The van der Waals surface area contributed by atoms with E-state index >= 15 is 0 Å². The Morgan fingerprint density at radius 1 is 1.25 bits per heavy atom. The van der Waals surface area contributed by atoms with Crippen molar-refractivity contribution < 1.29 is 9.84 Å². The smallest absolute Gasteiger partial charge is 0.162 e. The van der Waals surface area contributed by atoms with Crippen LogP contribution in [0.4, 0.5) is 0 Å². The van der Waals surface area contributed by atoms with Gasteiger partial charge in [0, 0.05) is 37.3 Å². The molecule has 2 aliphatic rings. The first kappa shape index (κ1) is 13.7. The van der Waals surface area contributed by atoms with Gasteiger partial charge in [-0.05, 0) is 32.4 Å². The van der Waals surface area contributed by atoms with E-state index in [1.807, 2.05) is 12.1 Å². The summed E-state index contributed by atoms with van der Waals surface area (Å²) in [6.07, 6.45) is 3.89. The molecule has 2 heterocycles. The van der Waals surface area contributed by atoms with Gasteiger partial charge in [-0.3, -0.25) is 9.80 Å². The lowest BCUT2D eigenvalue weighted by atomic mass is 10.1. The van der Waals surface area contributed by atoms with Crippen LogP contribution in [0.3, 0.4) is 0 Å². The van der Waals surface area contributed by atoms with E-state index in [4.69, 9.17) is 4.74 Å². The molecule has 1 N–H and O–H groups in total. The maximum Gasteiger partial charge on any atom is 0.162 e. The normalized spacial score (nSPS) is 27.5. The fourth-order valence-electron chi connectivity index (χ4n) is 3.62. The number of phenols is 1. The van der Waals surface area contributed by atoms with Crippen molar-refractivity contribution in [1.29, 1.82) is 0 Å². The SMILES string of the molecule is COc1cccc(CN2CCC3CCC(C2)N3C)c1O. The van der Waals surface area contributed by atoms with E-state index < -0.39 is 0 Å². The van der Waals surface area contributed by atoms with Crippen LogP contribution < -0.4 is 4.74 Å². The minimum absolute atomic E-state index is 0.290. The first-order valence-corrected chi connectivity index (χ1v) is 7.48. The zero-order valence-corrected chi connectivity index (χ0v) is 12.4. The van der Waals surface area contributed by atoms with E-state index in [-0.39, 0.29) is 5.75 Å². The second kappa shape index (κ2) is 5.62. The Kier molecular flexibility index (Phi) is 3.85. The van der Waals surface area contributed by atoms with E-state index in [9.17, 15) is 5.11 Å². The molecule has 0 amide bonds. The van der Waals surface area contributed by atoms with Gasteiger partial charge in [-0.1, -0.05) is 12.1 Å². The van der Waals surface area contributed by atoms with Crippen molar-refractivity contribution >= 4 is 0 Å². The van der Waals surface area contributed by atoms with Crippen molar-refractivity contribution in [3.8, 4) is 11.5 Å². The number of likely N-dealkylation sites (tertiary alicyclic amines) is 1. The maximum absolute atomic E-state index is 10.2. The number of aromatic hydroxyl groups is 1. The number of nitrogens with zero attached hydrogens (tertiary/aromatic N) is 2. The maximum atomic E-state index is 10.2. The molecule has 1 aromatic carbocycles. The third-order valence-electron chi connectivity index (χ3n) is 4.93. The molecule has 0 aliphatic carbocycles. The highest BCUT2D eigenvalue weighted by molar-refractivity contribution is 5.45. The molecule has 0 spiro atoms. The van der Waals surface area contributed by atoms with Gasteiger partial charge in [0.05, 0.1) is 7.11 Å². The Bertz CT molecular complexity index is 478. The Balaban J connectivity index is 1.72. The van der Waals surface area contributed by atoms with E-state index in [1.54, 1.807) is 13.2 Å². The van der Waals surface area contributed by atoms with Gasteiger partial charge in [0.15, 0.2) is 11.5 Å². The number of likely N-dealkylation sites (N-methyl/N-ethyl adjacent to an activating group) is 1. The molecule has 2 fully saturated rings. The summed E-state index contributed by atoms with van der Waals surface area (Å²) in [7, 11) is 3.85. The van der Waals surface area contributed by atoms with Crippen molar-refractivity contribution in [3.05, 3.63) is 23.8 Å². The second-order valence-corrected chi connectivity index (χ2v) is 6.04. The Labute approximate surface area is 120 Å². The molecular weight excluding hydrogens is 252 g/mol. The fraction of sp³-hybridized carbons (Fsp3) is 0.625. The van der Waals surface area contributed by atoms with E-state index in [2.05, 4.69) is 16.8 Å². The lowest BCUT2D eigenvalue weighted by Crippen LogP contribution is -2.36. The number of para-hydroxylation sites is 1. The van der Waals surface area contributed by atoms with Gasteiger partial charge in [0.1, 0.15) is 0 Å². The Morgan fingerprint density at radius 2 is 2.05 bits per heavy atom. The summed E-state index contributed by atoms with van der Waals surface area (Å²) in [5, 5.41) is 10.2. The van der Waals surface area contributed by atoms with E-state index in [0.717, 1.165) is 31.2 Å². The van der Waals surface area contributed by atoms with E-state index in [1.165, 1.54) is 19.3 Å². The van der Waals surface area contributed by atoms with Crippen molar-refractivity contribution in [3.63, 3.8) is 0 Å². The van der Waals surface area contributed by atoms with Crippen molar-refractivity contribution in [2.24, 2.45) is 0 Å². The number of fused-ring (bicyclic) bond motifs is 2. The molecular formula is C16H24N2O2. The van der Waals surface area contributed by atoms with Crippen molar-refractivity contribution in [1.82, 2.24) is 9.80 Å². The second-order valence-electron chi connectivity index (χ2n) is 6.04. The van der Waals surface area contributed by atoms with Gasteiger partial charge in [0.25, 0.3) is 0 Å². The molecule has 3 rings (SSSR count). The quantitative estimate of drug-likeness (QED) is 0.917. The lowest BCUT2D eigenvalue weighted by molar-refractivity contribution is 0.213. The average Bonchev–Trinajstić information content (AvgIpc) is 2.69. The molecule has 0 aromatic heterocycles. The van der Waals surface area contributed by atoms with Crippen LogP contribution >= 0.6 is 0 Å². The highest BCUT2D eigenvalue weighted by atomic mass is 16.5. The van der Waals surface area contributed by atoms with Gasteiger partial charge in [0.2, 0.25) is 0 Å². The molecule has 2 bridgehead atoms. The van der Waals surface area contributed by atoms with Crippen molar-refractivity contribution in [2.45, 2.75) is 37.9 Å². The van der Waals surface area contributed by atoms with E-state index in [0.29, 0.717) is 11.8 Å². The van der Waals surface area contributed by atoms with Crippen LogP contribution in [0.2, 0.25) is 0 Å². The number of ether oxygens (including phenoxy) is 1. The third-order valence-corrected chi connectivity index (χ3v) is 4.93. The number of methoxy groups -OCH3 is 1. The average molecular weight is 276 g/mol. The zero-order chi connectivity index (χ0) is 14.1. The molecule has 110 valence electrons. The number of benzene rings is 1. The van der Waals surface area contributed by atoms with Crippen molar-refractivity contribution in [2.75, 3.05) is 27.2 Å². The molecule has 1 aromatic rings. The monoisotopic (exact) mass is 276 g/mol. The predicted octanol–water partition coefficient (Wildman–Crippen LogP) is 2.07. The predicted molar refractivity (Wildman–Crippen MR) is 79.1 cm³/mol. The number of hydrogen-bond acceptors (Lipinski definition) is 4. The van der Waals surface area contributed by atoms with Crippen LogP contribution in [0, 0.1) is 0 Å². The summed E-state index contributed by atoms with van der Waals surface area (Å²) in [5.74, 6) is 0.855. The molecule has 2 saturated heterocycles. The molecule has 2 unspecified atom stereocenters. The van der Waals surface area contributed by atoms with Gasteiger partial charge >= 0.3 is 0 Å². The summed E-state index contributed by atoms with van der Waals surface area (Å²) < 4.78 is 5.19. The summed E-state index contributed by atoms with van der Waals surface area (Å²) in [5.41, 5.74) is 0.963. The van der Waals surface area contributed by atoms with Crippen LogP contribution in [0.25, 0.3) is 0 Å². The van der Waals surface area contributed by atoms with Crippen LogP contribution in [0.1, 0.15) is 24.8 Å². The molecule has 20 heavy (non-hydrogen) atoms. The highest BCUT2D eigenvalue weighted by Crippen LogP contribution is 2.32. The molecule has 2 aliphatic heterocycles. The molecule has 4 nitrogen and oxygen atoms in total. The minimum atomic E-state index is 0.290. The summed E-state index contributed by atoms with van der Waals surface area (Å²) in [4.78, 5) is 5.01. The summed E-state index contributed by atoms with van der Waals surface area (Å²) >= 11 is 0. The highest BCUT2D eigenvalue weighted by Gasteiger charge is 2.34. The Hall–Kier alpha value is -1.26. The zero-order valence-electron chi connectivity index (χ0n) is 12.4. The van der Waals surface area contributed by atoms with Crippen LogP contribution in [-0.4, -0.2) is 54.2 Å². The minimum Gasteiger partial charge on any atom is -0.504 e. The first-order valence-electron chi connectivity index (χ1n) is 7.48. The number of phenolic OH excluding ortho intramolecular Hbond substituents is 1. The number of hydrogen-bond donors (Lipinski definition) is 1. The van der Waals surface area contributed by atoms with Crippen LogP contribution in [-0.2, 0) is 6.54 Å². The Morgan fingerprint density at radius 3 is 2.85 bits per heavy atom. The molecule has 2 atom stereocenters. The summed E-state index contributed by atoms with van der Waals surface area (Å²) in [6, 6.07) is 7.17. The molecule has 0 saturated carbocycles. The van der Waals surface area contributed by atoms with Gasteiger partial charge in [-0.2, -0.15) is 0 Å². The largest absolute Gasteiger partial charge is 0.504 e. The third kappa shape index (κ3) is 2.50. The number of rotatable bonds is 3. The lowest BCUT2D eigenvalue weighted by Gasteiger charge is -2.26. The van der Waals surface area contributed by atoms with Gasteiger partial charge in [-0.15, -0.1) is 0 Å². The van der Waals surface area contributed by atoms with Gasteiger partial charge < -0.3 is 9.84 Å². The van der Waals surface area contributed by atoms with Crippen LogP contribution in [0.15, 0.2) is 18.2 Å². The molecule has 4 heteroatoms. The van der Waals surface area contributed by atoms with Gasteiger partial charge in [-0.25, -0.2) is 0 Å². The standard InChI is InChI=1S/C16H24N2O2/c1-17-13-6-7-14(17)11-18(9-8-13)10-12-4-3-5-15(20-2)16(12)19/h3-5,13-14,19H,6-11H2,1-2H3. The van der Waals surface area contributed by atoms with Crippen LogP contribution in [0.5, 0.6) is 11.5 Å².